The highest BCUT2D eigenvalue weighted by atomic mass is 32.1. The summed E-state index contributed by atoms with van der Waals surface area (Å²) in [6.45, 7) is 8.43. The molecule has 0 atom stereocenters. The van der Waals surface area contributed by atoms with E-state index in [2.05, 4.69) is 37.8 Å². The van der Waals surface area contributed by atoms with Crippen molar-refractivity contribution >= 4 is 16.3 Å². The number of imidazole rings is 1. The first-order valence-electron chi connectivity index (χ1n) is 5.96. The number of hydrogen-bond acceptors (Lipinski definition) is 4. The fourth-order valence-electron chi connectivity index (χ4n) is 1.89. The molecule has 1 N–H and O–H groups in total. The molecule has 2 aromatic heterocycles. The van der Waals surface area contributed by atoms with E-state index in [1.54, 1.807) is 15.9 Å². The molecule has 94 valence electrons. The van der Waals surface area contributed by atoms with Crippen molar-refractivity contribution in [1.29, 1.82) is 0 Å². The maximum atomic E-state index is 9.51. The van der Waals surface area contributed by atoms with Crippen molar-refractivity contribution in [3.63, 3.8) is 0 Å². The molecule has 0 bridgehead atoms. The Bertz CT molecular complexity index is 522. The molecule has 2 rings (SSSR count). The Labute approximate surface area is 105 Å². The first-order chi connectivity index (χ1) is 7.97. The number of aliphatic hydroxyl groups excluding tert-OH is 1. The second kappa shape index (κ2) is 4.38. The SMILES string of the molecule is CCCc1nn2c(CO)c(C(C)(C)C)nc2s1. The van der Waals surface area contributed by atoms with Gasteiger partial charge in [-0.2, -0.15) is 5.10 Å². The average molecular weight is 253 g/mol. The van der Waals surface area contributed by atoms with Crippen LogP contribution in [0.1, 0.15) is 50.5 Å². The Morgan fingerprint density at radius 3 is 2.59 bits per heavy atom. The summed E-state index contributed by atoms with van der Waals surface area (Å²) < 4.78 is 1.80. The standard InChI is InChI=1S/C12H19N3OS/c1-5-6-9-14-15-8(7-16)10(12(2,3)4)13-11(15)17-9/h16H,5-7H2,1-4H3. The molecule has 0 unspecified atom stereocenters. The summed E-state index contributed by atoms with van der Waals surface area (Å²) in [6, 6.07) is 0. The summed E-state index contributed by atoms with van der Waals surface area (Å²) in [7, 11) is 0. The Hall–Kier alpha value is -0.940. The van der Waals surface area contributed by atoms with E-state index >= 15 is 0 Å². The fourth-order valence-corrected chi connectivity index (χ4v) is 2.90. The van der Waals surface area contributed by atoms with E-state index < -0.39 is 0 Å². The number of nitrogens with zero attached hydrogens (tertiary/aromatic N) is 3. The van der Waals surface area contributed by atoms with E-state index in [0.717, 1.165) is 34.2 Å². The number of hydrogen-bond donors (Lipinski definition) is 1. The molecule has 0 saturated heterocycles. The summed E-state index contributed by atoms with van der Waals surface area (Å²) in [5.41, 5.74) is 1.71. The molecule has 17 heavy (non-hydrogen) atoms. The van der Waals surface area contributed by atoms with Gasteiger partial charge in [-0.3, -0.25) is 0 Å². The normalized spacial score (nSPS) is 12.5. The topological polar surface area (TPSA) is 50.4 Å². The summed E-state index contributed by atoms with van der Waals surface area (Å²) in [4.78, 5) is 5.51. The quantitative estimate of drug-likeness (QED) is 0.914. The van der Waals surface area contributed by atoms with Crippen LogP contribution >= 0.6 is 11.3 Å². The van der Waals surface area contributed by atoms with E-state index in [-0.39, 0.29) is 12.0 Å². The second-order valence-electron chi connectivity index (χ2n) is 5.26. The van der Waals surface area contributed by atoms with Gasteiger partial charge in [0, 0.05) is 11.8 Å². The van der Waals surface area contributed by atoms with E-state index in [4.69, 9.17) is 0 Å². The first kappa shape index (κ1) is 12.5. The van der Waals surface area contributed by atoms with Crippen LogP contribution in [0, 0.1) is 0 Å². The number of aryl methyl sites for hydroxylation is 1. The van der Waals surface area contributed by atoms with Crippen LogP contribution in [0.15, 0.2) is 0 Å². The second-order valence-corrected chi connectivity index (χ2v) is 6.30. The van der Waals surface area contributed by atoms with Gasteiger partial charge < -0.3 is 5.11 Å². The zero-order valence-electron chi connectivity index (χ0n) is 10.8. The molecule has 0 aliphatic carbocycles. The van der Waals surface area contributed by atoms with Crippen molar-refractivity contribution in [1.82, 2.24) is 14.6 Å². The lowest BCUT2D eigenvalue weighted by molar-refractivity contribution is 0.270. The molecule has 0 aliphatic rings. The summed E-state index contributed by atoms with van der Waals surface area (Å²) >= 11 is 1.62. The highest BCUT2D eigenvalue weighted by Gasteiger charge is 2.25. The van der Waals surface area contributed by atoms with Gasteiger partial charge in [0.05, 0.1) is 18.0 Å². The fraction of sp³-hybridized carbons (Fsp3) is 0.667. The summed E-state index contributed by atoms with van der Waals surface area (Å²) in [5, 5.41) is 15.1. The van der Waals surface area contributed by atoms with Gasteiger partial charge in [-0.05, 0) is 6.42 Å². The Morgan fingerprint density at radius 1 is 1.35 bits per heavy atom. The molecule has 0 aliphatic heterocycles. The minimum Gasteiger partial charge on any atom is -0.390 e. The van der Waals surface area contributed by atoms with E-state index in [1.165, 1.54) is 0 Å². The highest BCUT2D eigenvalue weighted by molar-refractivity contribution is 7.16. The maximum Gasteiger partial charge on any atom is 0.212 e. The van der Waals surface area contributed by atoms with Gasteiger partial charge in [0.2, 0.25) is 4.96 Å². The predicted molar refractivity (Wildman–Crippen MR) is 69.5 cm³/mol. The van der Waals surface area contributed by atoms with Crippen LogP contribution in [0.5, 0.6) is 0 Å². The maximum absolute atomic E-state index is 9.51. The van der Waals surface area contributed by atoms with Gasteiger partial charge in [0.15, 0.2) is 0 Å². The number of fused-ring (bicyclic) bond motifs is 1. The van der Waals surface area contributed by atoms with Crippen LogP contribution in [0.4, 0.5) is 0 Å². The van der Waals surface area contributed by atoms with Crippen molar-refractivity contribution in [2.75, 3.05) is 0 Å². The van der Waals surface area contributed by atoms with Crippen molar-refractivity contribution in [2.24, 2.45) is 0 Å². The Kier molecular flexibility index (Phi) is 3.23. The van der Waals surface area contributed by atoms with Gasteiger partial charge in [-0.15, -0.1) is 0 Å². The van der Waals surface area contributed by atoms with E-state index in [1.807, 2.05) is 0 Å². The van der Waals surface area contributed by atoms with Gasteiger partial charge in [0.25, 0.3) is 0 Å². The monoisotopic (exact) mass is 253 g/mol. The Balaban J connectivity index is 2.55. The molecular weight excluding hydrogens is 234 g/mol. The minimum absolute atomic E-state index is 0.0108. The van der Waals surface area contributed by atoms with E-state index in [9.17, 15) is 5.11 Å². The predicted octanol–water partition coefficient (Wildman–Crippen LogP) is 2.53. The lowest BCUT2D eigenvalue weighted by Crippen LogP contribution is -2.15. The van der Waals surface area contributed by atoms with Crippen LogP contribution in [0.3, 0.4) is 0 Å². The van der Waals surface area contributed by atoms with Crippen molar-refractivity contribution in [3.8, 4) is 0 Å². The number of rotatable bonds is 3. The third-order valence-corrected chi connectivity index (χ3v) is 3.63. The number of aromatic nitrogens is 3. The minimum atomic E-state index is -0.0591. The molecule has 0 amide bonds. The Morgan fingerprint density at radius 2 is 2.06 bits per heavy atom. The first-order valence-corrected chi connectivity index (χ1v) is 6.77. The van der Waals surface area contributed by atoms with Crippen LogP contribution in [-0.2, 0) is 18.4 Å². The van der Waals surface area contributed by atoms with Crippen LogP contribution in [-0.4, -0.2) is 19.7 Å². The lowest BCUT2D eigenvalue weighted by Gasteiger charge is -2.16. The van der Waals surface area contributed by atoms with Gasteiger partial charge in [-0.1, -0.05) is 39.0 Å². The van der Waals surface area contributed by atoms with Gasteiger partial charge in [0.1, 0.15) is 5.01 Å². The third kappa shape index (κ3) is 2.21. The zero-order chi connectivity index (χ0) is 12.6. The van der Waals surface area contributed by atoms with E-state index in [0.29, 0.717) is 0 Å². The van der Waals surface area contributed by atoms with Crippen molar-refractivity contribution in [2.45, 2.75) is 52.6 Å². The molecule has 0 fully saturated rings. The molecule has 0 aromatic carbocycles. The van der Waals surface area contributed by atoms with Crippen LogP contribution in [0.25, 0.3) is 4.96 Å². The van der Waals surface area contributed by atoms with Crippen molar-refractivity contribution < 1.29 is 5.11 Å². The molecule has 0 radical (unpaired) electrons. The average Bonchev–Trinajstić information content (AvgIpc) is 2.73. The summed E-state index contributed by atoms with van der Waals surface area (Å²) in [6.07, 6.45) is 2.06. The highest BCUT2D eigenvalue weighted by Crippen LogP contribution is 2.28. The van der Waals surface area contributed by atoms with Crippen molar-refractivity contribution in [3.05, 3.63) is 16.4 Å². The van der Waals surface area contributed by atoms with Crippen LogP contribution in [0.2, 0.25) is 0 Å². The molecule has 4 nitrogen and oxygen atoms in total. The lowest BCUT2D eigenvalue weighted by atomic mass is 9.91. The zero-order valence-corrected chi connectivity index (χ0v) is 11.6. The van der Waals surface area contributed by atoms with Gasteiger partial charge >= 0.3 is 0 Å². The largest absolute Gasteiger partial charge is 0.390 e. The number of aliphatic hydroxyl groups is 1. The molecule has 0 spiro atoms. The van der Waals surface area contributed by atoms with Crippen LogP contribution < -0.4 is 0 Å². The molecule has 2 heterocycles. The molecule has 5 heteroatoms. The molecule has 2 aromatic rings. The molecular formula is C12H19N3OS. The van der Waals surface area contributed by atoms with Gasteiger partial charge in [-0.25, -0.2) is 9.50 Å². The summed E-state index contributed by atoms with van der Waals surface area (Å²) in [5.74, 6) is 0. The molecule has 0 saturated carbocycles. The third-order valence-electron chi connectivity index (χ3n) is 2.66. The smallest absolute Gasteiger partial charge is 0.212 e.